The number of ether oxygens (including phenoxy) is 2. The van der Waals surface area contributed by atoms with Gasteiger partial charge in [-0.2, -0.15) is 0 Å². The van der Waals surface area contributed by atoms with Gasteiger partial charge in [0.15, 0.2) is 11.5 Å². The summed E-state index contributed by atoms with van der Waals surface area (Å²) in [5.74, 6) is 1.27. The number of nitrogens with zero attached hydrogens (tertiary/aromatic N) is 1. The number of carbonyl (C=O) groups is 1. The summed E-state index contributed by atoms with van der Waals surface area (Å²) in [5, 5.41) is 2.99. The summed E-state index contributed by atoms with van der Waals surface area (Å²) in [6, 6.07) is 13.9. The summed E-state index contributed by atoms with van der Waals surface area (Å²) in [6.07, 6.45) is 2.05. The highest BCUT2D eigenvalue weighted by molar-refractivity contribution is 5.94. The van der Waals surface area contributed by atoms with Crippen LogP contribution in [0.4, 0.5) is 0 Å². The number of nitrogens with one attached hydrogen (secondary N) is 1. The first kappa shape index (κ1) is 16.0. The topological polar surface area (TPSA) is 50.8 Å². The number of hydrogen-bond donors (Lipinski definition) is 1. The van der Waals surface area contributed by atoms with Crippen LogP contribution in [0.5, 0.6) is 11.5 Å². The molecule has 0 saturated heterocycles. The van der Waals surface area contributed by atoms with Crippen LogP contribution in [0, 0.1) is 0 Å². The molecule has 1 N–H and O–H groups in total. The Balaban J connectivity index is 1.23. The zero-order valence-electron chi connectivity index (χ0n) is 14.2. The van der Waals surface area contributed by atoms with E-state index in [0.717, 1.165) is 32.5 Å². The Morgan fingerprint density at radius 3 is 2.84 bits per heavy atom. The van der Waals surface area contributed by atoms with Crippen molar-refractivity contribution in [2.75, 3.05) is 26.4 Å². The zero-order valence-corrected chi connectivity index (χ0v) is 14.2. The highest BCUT2D eigenvalue weighted by Crippen LogP contribution is 2.32. The lowest BCUT2D eigenvalue weighted by atomic mass is 10.00. The van der Waals surface area contributed by atoms with Crippen LogP contribution >= 0.6 is 0 Å². The molecular formula is C20H22N2O3. The molecule has 2 aliphatic heterocycles. The maximum absolute atomic E-state index is 12.2. The second-order valence-corrected chi connectivity index (χ2v) is 6.47. The minimum atomic E-state index is -0.0673. The minimum Gasteiger partial charge on any atom is -0.454 e. The molecule has 0 aliphatic carbocycles. The molecular weight excluding hydrogens is 316 g/mol. The van der Waals surface area contributed by atoms with Crippen molar-refractivity contribution in [3.05, 3.63) is 59.2 Å². The molecule has 4 rings (SSSR count). The fourth-order valence-electron chi connectivity index (χ4n) is 3.39. The van der Waals surface area contributed by atoms with Crippen molar-refractivity contribution in [2.45, 2.75) is 19.4 Å². The van der Waals surface area contributed by atoms with Gasteiger partial charge in [0, 0.05) is 31.7 Å². The first-order valence-corrected chi connectivity index (χ1v) is 8.76. The lowest BCUT2D eigenvalue weighted by Gasteiger charge is -2.28. The van der Waals surface area contributed by atoms with Gasteiger partial charge in [-0.15, -0.1) is 0 Å². The molecule has 0 unspecified atom stereocenters. The summed E-state index contributed by atoms with van der Waals surface area (Å²) in [4.78, 5) is 14.7. The Hall–Kier alpha value is -2.53. The van der Waals surface area contributed by atoms with E-state index < -0.39 is 0 Å². The molecule has 2 heterocycles. The maximum atomic E-state index is 12.2. The van der Waals surface area contributed by atoms with Gasteiger partial charge in [0.05, 0.1) is 0 Å². The van der Waals surface area contributed by atoms with E-state index in [1.54, 1.807) is 18.2 Å². The predicted molar refractivity (Wildman–Crippen MR) is 94.9 cm³/mol. The van der Waals surface area contributed by atoms with Crippen LogP contribution in [-0.2, 0) is 13.0 Å². The lowest BCUT2D eigenvalue weighted by Crippen LogP contribution is -2.33. The van der Waals surface area contributed by atoms with Gasteiger partial charge >= 0.3 is 0 Å². The quantitative estimate of drug-likeness (QED) is 0.852. The third-order valence-electron chi connectivity index (χ3n) is 4.78. The molecule has 0 spiro atoms. The summed E-state index contributed by atoms with van der Waals surface area (Å²) in [5.41, 5.74) is 3.50. The molecule has 0 atom stereocenters. The number of benzene rings is 2. The fraction of sp³-hybridized carbons (Fsp3) is 0.350. The third kappa shape index (κ3) is 3.61. The zero-order chi connectivity index (χ0) is 17.1. The maximum Gasteiger partial charge on any atom is 0.251 e. The summed E-state index contributed by atoms with van der Waals surface area (Å²) < 4.78 is 10.6. The molecule has 0 saturated carbocycles. The highest BCUT2D eigenvalue weighted by Gasteiger charge is 2.17. The van der Waals surface area contributed by atoms with Crippen LogP contribution in [0.2, 0.25) is 0 Å². The molecule has 0 radical (unpaired) electrons. The fourth-order valence-corrected chi connectivity index (χ4v) is 3.39. The number of fused-ring (bicyclic) bond motifs is 2. The van der Waals surface area contributed by atoms with Crippen LogP contribution in [-0.4, -0.2) is 37.2 Å². The van der Waals surface area contributed by atoms with Gasteiger partial charge in [-0.05, 0) is 42.2 Å². The van der Waals surface area contributed by atoms with Crippen LogP contribution < -0.4 is 14.8 Å². The summed E-state index contributed by atoms with van der Waals surface area (Å²) >= 11 is 0. The smallest absolute Gasteiger partial charge is 0.251 e. The van der Waals surface area contributed by atoms with E-state index in [2.05, 4.69) is 34.5 Å². The average Bonchev–Trinajstić information content (AvgIpc) is 3.12. The van der Waals surface area contributed by atoms with E-state index in [-0.39, 0.29) is 12.7 Å². The lowest BCUT2D eigenvalue weighted by molar-refractivity contribution is 0.0951. The molecule has 1 amide bonds. The van der Waals surface area contributed by atoms with Crippen molar-refractivity contribution in [3.8, 4) is 11.5 Å². The van der Waals surface area contributed by atoms with Gasteiger partial charge < -0.3 is 14.8 Å². The number of carbonyl (C=O) groups excluding carboxylic acids is 1. The Kier molecular flexibility index (Phi) is 4.57. The van der Waals surface area contributed by atoms with Gasteiger partial charge in [0.25, 0.3) is 5.91 Å². The third-order valence-corrected chi connectivity index (χ3v) is 4.78. The molecule has 2 aliphatic rings. The monoisotopic (exact) mass is 338 g/mol. The van der Waals surface area contributed by atoms with Gasteiger partial charge in [-0.3, -0.25) is 9.69 Å². The van der Waals surface area contributed by atoms with Crippen LogP contribution in [0.25, 0.3) is 0 Å². The largest absolute Gasteiger partial charge is 0.454 e. The van der Waals surface area contributed by atoms with Crippen molar-refractivity contribution < 1.29 is 14.3 Å². The molecule has 130 valence electrons. The first-order valence-electron chi connectivity index (χ1n) is 8.76. The van der Waals surface area contributed by atoms with Gasteiger partial charge in [0.1, 0.15) is 0 Å². The Labute approximate surface area is 147 Å². The van der Waals surface area contributed by atoms with E-state index >= 15 is 0 Å². The average molecular weight is 338 g/mol. The molecule has 5 heteroatoms. The first-order chi connectivity index (χ1) is 12.3. The van der Waals surface area contributed by atoms with Crippen molar-refractivity contribution in [2.24, 2.45) is 0 Å². The van der Waals surface area contributed by atoms with Crippen LogP contribution in [0.3, 0.4) is 0 Å². The van der Waals surface area contributed by atoms with Crippen LogP contribution in [0.15, 0.2) is 42.5 Å². The van der Waals surface area contributed by atoms with E-state index in [1.807, 2.05) is 0 Å². The molecule has 25 heavy (non-hydrogen) atoms. The van der Waals surface area contributed by atoms with Crippen molar-refractivity contribution in [1.82, 2.24) is 10.2 Å². The predicted octanol–water partition coefficient (Wildman–Crippen LogP) is 2.59. The Bertz CT molecular complexity index is 775. The van der Waals surface area contributed by atoms with Crippen LogP contribution in [0.1, 0.15) is 27.9 Å². The van der Waals surface area contributed by atoms with Crippen molar-refractivity contribution >= 4 is 5.91 Å². The highest BCUT2D eigenvalue weighted by atomic mass is 16.7. The molecule has 5 nitrogen and oxygen atoms in total. The minimum absolute atomic E-state index is 0.0673. The second kappa shape index (κ2) is 7.15. The molecule has 0 fully saturated rings. The SMILES string of the molecule is O=C(NCCCN1CCc2ccccc2C1)c1ccc2c(c1)OCO2. The molecule has 0 bridgehead atoms. The molecule has 2 aromatic carbocycles. The van der Waals surface area contributed by atoms with E-state index in [9.17, 15) is 4.79 Å². The van der Waals surface area contributed by atoms with E-state index in [0.29, 0.717) is 23.6 Å². The second-order valence-electron chi connectivity index (χ2n) is 6.47. The summed E-state index contributed by atoms with van der Waals surface area (Å²) in [7, 11) is 0. The number of amides is 1. The molecule has 0 aromatic heterocycles. The normalized spacial score (nSPS) is 15.7. The van der Waals surface area contributed by atoms with Gasteiger partial charge in [-0.25, -0.2) is 0 Å². The number of rotatable bonds is 5. The van der Waals surface area contributed by atoms with Crippen molar-refractivity contribution in [1.29, 1.82) is 0 Å². The number of hydrogen-bond acceptors (Lipinski definition) is 4. The Morgan fingerprint density at radius 2 is 1.92 bits per heavy atom. The van der Waals surface area contributed by atoms with Gasteiger partial charge in [0.2, 0.25) is 6.79 Å². The molecule has 2 aromatic rings. The Morgan fingerprint density at radius 1 is 1.08 bits per heavy atom. The van der Waals surface area contributed by atoms with Crippen molar-refractivity contribution in [3.63, 3.8) is 0 Å². The van der Waals surface area contributed by atoms with E-state index in [1.165, 1.54) is 11.1 Å². The summed E-state index contributed by atoms with van der Waals surface area (Å²) in [6.45, 7) is 3.99. The standard InChI is InChI=1S/C20H22N2O3/c23-20(16-6-7-18-19(12-16)25-14-24-18)21-9-3-10-22-11-8-15-4-1-2-5-17(15)13-22/h1-2,4-7,12H,3,8-11,13-14H2,(H,21,23). The van der Waals surface area contributed by atoms with E-state index in [4.69, 9.17) is 9.47 Å². The van der Waals surface area contributed by atoms with Gasteiger partial charge in [-0.1, -0.05) is 24.3 Å².